The zero-order valence-corrected chi connectivity index (χ0v) is 11.6. The lowest BCUT2D eigenvalue weighted by Gasteiger charge is -2.48. The second-order valence-electron chi connectivity index (χ2n) is 6.18. The number of likely N-dealkylation sites (tertiary alicyclic amines) is 1. The van der Waals surface area contributed by atoms with Gasteiger partial charge in [0.1, 0.15) is 0 Å². The van der Waals surface area contributed by atoms with Crippen LogP contribution in [0.1, 0.15) is 30.4 Å². The van der Waals surface area contributed by atoms with Crippen LogP contribution in [-0.2, 0) is 11.2 Å². The molecule has 1 aromatic rings. The molecule has 0 bridgehead atoms. The third-order valence-corrected chi connectivity index (χ3v) is 4.58. The molecule has 1 aromatic carbocycles. The van der Waals surface area contributed by atoms with E-state index < -0.39 is 0 Å². The van der Waals surface area contributed by atoms with Crippen molar-refractivity contribution in [1.82, 2.24) is 4.90 Å². The number of benzene rings is 1. The lowest BCUT2D eigenvalue weighted by Crippen LogP contribution is -2.69. The maximum Gasteiger partial charge on any atom is 0.223 e. The zero-order chi connectivity index (χ0) is 13.5. The molecule has 2 aliphatic rings. The number of hydrogen-bond donors (Lipinski definition) is 1. The Balaban J connectivity index is 1.49. The average molecular weight is 258 g/mol. The minimum Gasteiger partial charge on any atom is -0.339 e. The summed E-state index contributed by atoms with van der Waals surface area (Å²) in [6.45, 7) is 3.63. The van der Waals surface area contributed by atoms with Crippen LogP contribution in [0.3, 0.4) is 0 Å². The van der Waals surface area contributed by atoms with Crippen molar-refractivity contribution in [3.63, 3.8) is 0 Å². The van der Waals surface area contributed by atoms with Crippen LogP contribution in [0, 0.1) is 12.8 Å². The van der Waals surface area contributed by atoms with Gasteiger partial charge < -0.3 is 10.6 Å². The van der Waals surface area contributed by atoms with Crippen LogP contribution in [0.2, 0.25) is 0 Å². The molecule has 19 heavy (non-hydrogen) atoms. The number of amides is 1. The Morgan fingerprint density at radius 3 is 2.68 bits per heavy atom. The highest BCUT2D eigenvalue weighted by molar-refractivity contribution is 5.78. The highest BCUT2D eigenvalue weighted by atomic mass is 16.2. The summed E-state index contributed by atoms with van der Waals surface area (Å²) in [7, 11) is 0. The van der Waals surface area contributed by atoms with Gasteiger partial charge in [0.15, 0.2) is 0 Å². The number of carbonyl (C=O) groups is 1. The van der Waals surface area contributed by atoms with Crippen molar-refractivity contribution in [3.05, 3.63) is 35.4 Å². The van der Waals surface area contributed by atoms with Gasteiger partial charge in [-0.2, -0.15) is 0 Å². The van der Waals surface area contributed by atoms with Gasteiger partial charge >= 0.3 is 0 Å². The van der Waals surface area contributed by atoms with Crippen LogP contribution >= 0.6 is 0 Å². The molecule has 3 nitrogen and oxygen atoms in total. The highest BCUT2D eigenvalue weighted by Gasteiger charge is 2.51. The van der Waals surface area contributed by atoms with Crippen LogP contribution in [-0.4, -0.2) is 29.4 Å². The number of rotatable bonds is 4. The fourth-order valence-electron chi connectivity index (χ4n) is 3.05. The molecule has 0 radical (unpaired) electrons. The molecular weight excluding hydrogens is 236 g/mol. The highest BCUT2D eigenvalue weighted by Crippen LogP contribution is 2.43. The lowest BCUT2D eigenvalue weighted by atomic mass is 9.85. The fourth-order valence-corrected chi connectivity index (χ4v) is 3.05. The Morgan fingerprint density at radius 2 is 2.05 bits per heavy atom. The van der Waals surface area contributed by atoms with E-state index in [-0.39, 0.29) is 11.4 Å². The van der Waals surface area contributed by atoms with Gasteiger partial charge in [-0.3, -0.25) is 4.79 Å². The van der Waals surface area contributed by atoms with Gasteiger partial charge in [0.2, 0.25) is 5.91 Å². The zero-order valence-electron chi connectivity index (χ0n) is 11.6. The van der Waals surface area contributed by atoms with Gasteiger partial charge in [-0.1, -0.05) is 24.3 Å². The summed E-state index contributed by atoms with van der Waals surface area (Å²) in [5.74, 6) is 0.929. The summed E-state index contributed by atoms with van der Waals surface area (Å²) in [5, 5.41) is 0. The van der Waals surface area contributed by atoms with Gasteiger partial charge in [0.05, 0.1) is 5.54 Å². The van der Waals surface area contributed by atoms with Crippen molar-refractivity contribution in [3.8, 4) is 0 Å². The monoisotopic (exact) mass is 258 g/mol. The molecule has 1 amide bonds. The summed E-state index contributed by atoms with van der Waals surface area (Å²) in [4.78, 5) is 14.0. The first kappa shape index (κ1) is 12.7. The second-order valence-corrected chi connectivity index (χ2v) is 6.18. The standard InChI is InChI=1S/C16H22N2O/c1-12-4-2-3-5-13(12)6-9-15(19)18-10-16(17,11-18)14-7-8-14/h2-5,14H,6-11,17H2,1H3. The molecule has 102 valence electrons. The fraction of sp³-hybridized carbons (Fsp3) is 0.562. The van der Waals surface area contributed by atoms with E-state index in [1.165, 1.54) is 24.0 Å². The summed E-state index contributed by atoms with van der Waals surface area (Å²) < 4.78 is 0. The Morgan fingerprint density at radius 1 is 1.37 bits per heavy atom. The summed E-state index contributed by atoms with van der Waals surface area (Å²) in [5.41, 5.74) is 8.76. The molecule has 1 saturated carbocycles. The summed E-state index contributed by atoms with van der Waals surface area (Å²) >= 11 is 0. The van der Waals surface area contributed by atoms with Crippen molar-refractivity contribution in [2.24, 2.45) is 11.7 Å². The van der Waals surface area contributed by atoms with Crippen LogP contribution < -0.4 is 5.73 Å². The van der Waals surface area contributed by atoms with E-state index in [1.807, 2.05) is 17.0 Å². The molecule has 0 atom stereocenters. The number of nitrogens with two attached hydrogens (primary N) is 1. The van der Waals surface area contributed by atoms with Gasteiger partial charge in [0.25, 0.3) is 0 Å². The molecular formula is C16H22N2O. The molecule has 0 unspecified atom stereocenters. The predicted molar refractivity (Wildman–Crippen MR) is 75.7 cm³/mol. The van der Waals surface area contributed by atoms with Gasteiger partial charge in [-0.15, -0.1) is 0 Å². The van der Waals surface area contributed by atoms with Crippen molar-refractivity contribution < 1.29 is 4.79 Å². The normalized spacial score (nSPS) is 21.1. The van der Waals surface area contributed by atoms with Gasteiger partial charge in [0, 0.05) is 19.5 Å². The van der Waals surface area contributed by atoms with Gasteiger partial charge in [-0.25, -0.2) is 0 Å². The summed E-state index contributed by atoms with van der Waals surface area (Å²) in [6.07, 6.45) is 3.94. The third kappa shape index (κ3) is 2.52. The van der Waals surface area contributed by atoms with E-state index in [1.54, 1.807) is 0 Å². The number of nitrogens with zero attached hydrogens (tertiary/aromatic N) is 1. The second kappa shape index (κ2) is 4.64. The van der Waals surface area contributed by atoms with E-state index in [4.69, 9.17) is 5.73 Å². The van der Waals surface area contributed by atoms with E-state index >= 15 is 0 Å². The summed E-state index contributed by atoms with van der Waals surface area (Å²) in [6, 6.07) is 8.28. The Labute approximate surface area is 114 Å². The Bertz CT molecular complexity index is 487. The molecule has 2 fully saturated rings. The van der Waals surface area contributed by atoms with Gasteiger partial charge in [-0.05, 0) is 43.2 Å². The first-order valence-corrected chi connectivity index (χ1v) is 7.20. The maximum absolute atomic E-state index is 12.1. The molecule has 0 spiro atoms. The van der Waals surface area contributed by atoms with Crippen molar-refractivity contribution in [2.45, 2.75) is 38.1 Å². The first-order chi connectivity index (χ1) is 9.08. The van der Waals surface area contributed by atoms with E-state index in [9.17, 15) is 4.79 Å². The Kier molecular flexibility index (Phi) is 3.09. The predicted octanol–water partition coefficient (Wildman–Crippen LogP) is 1.88. The minimum atomic E-state index is -0.0572. The lowest BCUT2D eigenvalue weighted by molar-refractivity contribution is -0.139. The van der Waals surface area contributed by atoms with Crippen molar-refractivity contribution in [2.75, 3.05) is 13.1 Å². The topological polar surface area (TPSA) is 46.3 Å². The minimum absolute atomic E-state index is 0.0572. The van der Waals surface area contributed by atoms with Crippen LogP contribution in [0.25, 0.3) is 0 Å². The molecule has 3 heteroatoms. The maximum atomic E-state index is 12.1. The quantitative estimate of drug-likeness (QED) is 0.896. The third-order valence-electron chi connectivity index (χ3n) is 4.58. The van der Waals surface area contributed by atoms with Crippen molar-refractivity contribution >= 4 is 5.91 Å². The van der Waals surface area contributed by atoms with Crippen LogP contribution in [0.15, 0.2) is 24.3 Å². The molecule has 0 aromatic heterocycles. The largest absolute Gasteiger partial charge is 0.339 e. The van der Waals surface area contributed by atoms with Crippen LogP contribution in [0.4, 0.5) is 0 Å². The Hall–Kier alpha value is -1.35. The number of aryl methyl sites for hydroxylation is 2. The van der Waals surface area contributed by atoms with Crippen LogP contribution in [0.5, 0.6) is 0 Å². The van der Waals surface area contributed by atoms with E-state index in [0.717, 1.165) is 19.5 Å². The van der Waals surface area contributed by atoms with E-state index in [2.05, 4.69) is 19.1 Å². The molecule has 1 aliphatic carbocycles. The van der Waals surface area contributed by atoms with E-state index in [0.29, 0.717) is 12.3 Å². The molecule has 3 rings (SSSR count). The number of carbonyl (C=O) groups excluding carboxylic acids is 1. The number of hydrogen-bond acceptors (Lipinski definition) is 2. The first-order valence-electron chi connectivity index (χ1n) is 7.20. The van der Waals surface area contributed by atoms with Crippen molar-refractivity contribution in [1.29, 1.82) is 0 Å². The molecule has 1 saturated heterocycles. The molecule has 1 aliphatic heterocycles. The average Bonchev–Trinajstić information content (AvgIpc) is 3.18. The SMILES string of the molecule is Cc1ccccc1CCC(=O)N1CC(N)(C2CC2)C1. The smallest absolute Gasteiger partial charge is 0.223 e. The molecule has 1 heterocycles. The molecule has 2 N–H and O–H groups in total.